The second-order valence-electron chi connectivity index (χ2n) is 5.39. The van der Waals surface area contributed by atoms with Crippen LogP contribution in [0.1, 0.15) is 36.8 Å². The summed E-state index contributed by atoms with van der Waals surface area (Å²) in [6.07, 6.45) is 2.87. The minimum Gasteiger partial charge on any atom is -0.480 e. The van der Waals surface area contributed by atoms with Gasteiger partial charge in [0.15, 0.2) is 10.9 Å². The smallest absolute Gasteiger partial charge is 0.328 e. The molecule has 1 aliphatic rings. The number of nitrogens with zero attached hydrogens (tertiary/aromatic N) is 3. The molecule has 1 aliphatic carbocycles. The zero-order chi connectivity index (χ0) is 14.4. The van der Waals surface area contributed by atoms with Crippen LogP contribution in [0.3, 0.4) is 0 Å². The first kappa shape index (κ1) is 13.2. The van der Waals surface area contributed by atoms with Crippen molar-refractivity contribution in [1.29, 1.82) is 0 Å². The van der Waals surface area contributed by atoms with E-state index in [2.05, 4.69) is 17.2 Å². The molecular formula is C13H15N3O3S. The number of carbonyl (C=O) groups is 1. The number of aliphatic carboxylic acids is 1. The number of carboxylic acids is 1. The van der Waals surface area contributed by atoms with Crippen LogP contribution in [0.4, 0.5) is 0 Å². The molecule has 0 saturated heterocycles. The lowest BCUT2D eigenvalue weighted by Gasteiger charge is -2.17. The number of hydrogen-bond donors (Lipinski definition) is 1. The van der Waals surface area contributed by atoms with Crippen LogP contribution in [-0.4, -0.2) is 26.1 Å². The molecule has 0 saturated carbocycles. The molecule has 2 aromatic heterocycles. The Balaban J connectivity index is 2.23. The highest BCUT2D eigenvalue weighted by Gasteiger charge is 2.25. The van der Waals surface area contributed by atoms with Crippen LogP contribution in [0.25, 0.3) is 10.2 Å². The van der Waals surface area contributed by atoms with E-state index >= 15 is 0 Å². The number of carboxylic acid groups (broad SMARTS) is 1. The number of aromatic nitrogens is 3. The zero-order valence-corrected chi connectivity index (χ0v) is 12.1. The average Bonchev–Trinajstić information content (AvgIpc) is 2.76. The van der Waals surface area contributed by atoms with Gasteiger partial charge in [0.1, 0.15) is 0 Å². The highest BCUT2D eigenvalue weighted by molar-refractivity contribution is 7.18. The Kier molecular flexibility index (Phi) is 3.08. The van der Waals surface area contributed by atoms with E-state index in [1.165, 1.54) is 23.1 Å². The lowest BCUT2D eigenvalue weighted by molar-refractivity contribution is -0.140. The predicted molar refractivity (Wildman–Crippen MR) is 75.2 cm³/mol. The Hall–Kier alpha value is -1.76. The summed E-state index contributed by atoms with van der Waals surface area (Å²) in [5, 5.41) is 17.4. The number of hydrogen-bond acceptors (Lipinski definition) is 5. The topological polar surface area (TPSA) is 85.1 Å². The summed E-state index contributed by atoms with van der Waals surface area (Å²) in [7, 11) is 0. The lowest BCUT2D eigenvalue weighted by Crippen LogP contribution is -2.31. The fourth-order valence-corrected chi connectivity index (χ4v) is 3.95. The van der Waals surface area contributed by atoms with Crippen molar-refractivity contribution in [3.63, 3.8) is 0 Å². The number of rotatable bonds is 2. The number of aryl methyl sites for hydroxylation is 1. The monoisotopic (exact) mass is 293 g/mol. The predicted octanol–water partition coefficient (Wildman–Crippen LogP) is 1.62. The summed E-state index contributed by atoms with van der Waals surface area (Å²) >= 11 is 1.51. The van der Waals surface area contributed by atoms with Crippen molar-refractivity contribution >= 4 is 27.5 Å². The Labute approximate surface area is 119 Å². The summed E-state index contributed by atoms with van der Waals surface area (Å²) in [5.74, 6) is -0.470. The van der Waals surface area contributed by atoms with Crippen molar-refractivity contribution in [2.24, 2.45) is 5.92 Å². The molecule has 2 unspecified atom stereocenters. The van der Waals surface area contributed by atoms with Crippen LogP contribution in [0.2, 0.25) is 0 Å². The summed E-state index contributed by atoms with van der Waals surface area (Å²) in [5.41, 5.74) is 0.714. The maximum Gasteiger partial charge on any atom is 0.328 e. The first-order chi connectivity index (χ1) is 9.49. The molecule has 7 heteroatoms. The Morgan fingerprint density at radius 3 is 3.00 bits per heavy atom. The Morgan fingerprint density at radius 1 is 1.55 bits per heavy atom. The lowest BCUT2D eigenvalue weighted by atomic mass is 9.89. The molecule has 0 radical (unpaired) electrons. The minimum absolute atomic E-state index is 0.336. The molecule has 1 N–H and O–H groups in total. The molecule has 20 heavy (non-hydrogen) atoms. The van der Waals surface area contributed by atoms with Gasteiger partial charge in [-0.3, -0.25) is 4.79 Å². The Bertz CT molecular complexity index is 749. The van der Waals surface area contributed by atoms with Gasteiger partial charge in [0, 0.05) is 4.88 Å². The van der Waals surface area contributed by atoms with E-state index in [1.54, 1.807) is 0 Å². The average molecular weight is 293 g/mol. The second kappa shape index (κ2) is 4.66. The van der Waals surface area contributed by atoms with Gasteiger partial charge in [0.2, 0.25) is 0 Å². The summed E-state index contributed by atoms with van der Waals surface area (Å²) in [4.78, 5) is 25.4. The molecule has 0 fully saturated rings. The summed E-state index contributed by atoms with van der Waals surface area (Å²) in [6.45, 7) is 3.63. The van der Waals surface area contributed by atoms with Gasteiger partial charge < -0.3 is 5.11 Å². The van der Waals surface area contributed by atoms with Crippen molar-refractivity contribution in [3.8, 4) is 0 Å². The largest absolute Gasteiger partial charge is 0.480 e. The van der Waals surface area contributed by atoms with Gasteiger partial charge in [-0.15, -0.1) is 16.4 Å². The third kappa shape index (κ3) is 1.93. The van der Waals surface area contributed by atoms with Crippen LogP contribution in [0, 0.1) is 5.92 Å². The normalized spacial score (nSPS) is 19.8. The van der Waals surface area contributed by atoms with Gasteiger partial charge in [0.25, 0.3) is 5.56 Å². The van der Waals surface area contributed by atoms with Crippen LogP contribution >= 0.6 is 11.3 Å². The zero-order valence-electron chi connectivity index (χ0n) is 11.3. The molecule has 0 aliphatic heterocycles. The van der Waals surface area contributed by atoms with Gasteiger partial charge in [-0.2, -0.15) is 4.68 Å². The van der Waals surface area contributed by atoms with Crippen molar-refractivity contribution in [2.75, 3.05) is 0 Å². The second-order valence-corrected chi connectivity index (χ2v) is 6.47. The van der Waals surface area contributed by atoms with Gasteiger partial charge in [0.05, 0.1) is 5.39 Å². The van der Waals surface area contributed by atoms with Crippen molar-refractivity contribution in [2.45, 2.75) is 39.2 Å². The van der Waals surface area contributed by atoms with Gasteiger partial charge in [-0.05, 0) is 37.7 Å². The fraction of sp³-hybridized carbons (Fsp3) is 0.538. The fourth-order valence-electron chi connectivity index (χ4n) is 2.63. The first-order valence-corrected chi connectivity index (χ1v) is 7.43. The van der Waals surface area contributed by atoms with E-state index in [4.69, 9.17) is 5.11 Å². The van der Waals surface area contributed by atoms with Crippen LogP contribution in [0.5, 0.6) is 0 Å². The van der Waals surface area contributed by atoms with Crippen LogP contribution in [-0.2, 0) is 17.6 Å². The SMILES string of the molecule is CC1CCc2c(sc3nnn(C(C)C(=O)O)c(=O)c23)C1. The number of thiophene rings is 1. The van der Waals surface area contributed by atoms with Gasteiger partial charge in [-0.25, -0.2) is 4.79 Å². The Morgan fingerprint density at radius 2 is 2.30 bits per heavy atom. The third-order valence-corrected chi connectivity index (χ3v) is 5.01. The van der Waals surface area contributed by atoms with Crippen molar-refractivity contribution in [3.05, 3.63) is 20.8 Å². The molecule has 6 nitrogen and oxygen atoms in total. The molecule has 2 atom stereocenters. The van der Waals surface area contributed by atoms with Gasteiger partial charge in [-0.1, -0.05) is 12.1 Å². The molecule has 0 amide bonds. The van der Waals surface area contributed by atoms with E-state index in [9.17, 15) is 9.59 Å². The van der Waals surface area contributed by atoms with E-state index in [-0.39, 0.29) is 5.56 Å². The number of fused-ring (bicyclic) bond motifs is 3. The molecule has 2 aromatic rings. The minimum atomic E-state index is -1.08. The van der Waals surface area contributed by atoms with E-state index in [0.717, 1.165) is 29.5 Å². The molecular weight excluding hydrogens is 278 g/mol. The van der Waals surface area contributed by atoms with Crippen LogP contribution in [0.15, 0.2) is 4.79 Å². The standard InChI is InChI=1S/C13H15N3O3S/c1-6-3-4-8-9(5-6)20-11-10(8)12(17)16(15-14-11)7(2)13(18)19/h6-7H,3-5H2,1-2H3,(H,18,19). The first-order valence-electron chi connectivity index (χ1n) is 6.61. The van der Waals surface area contributed by atoms with Gasteiger partial charge >= 0.3 is 5.97 Å². The summed E-state index contributed by atoms with van der Waals surface area (Å²) in [6, 6.07) is -1.00. The van der Waals surface area contributed by atoms with E-state index in [0.29, 0.717) is 16.1 Å². The van der Waals surface area contributed by atoms with Crippen molar-refractivity contribution in [1.82, 2.24) is 15.0 Å². The van der Waals surface area contributed by atoms with Crippen molar-refractivity contribution < 1.29 is 9.90 Å². The highest BCUT2D eigenvalue weighted by Crippen LogP contribution is 2.35. The van der Waals surface area contributed by atoms with E-state index in [1.807, 2.05) is 0 Å². The molecule has 0 aromatic carbocycles. The maximum absolute atomic E-state index is 12.5. The quantitative estimate of drug-likeness (QED) is 0.909. The molecule has 0 bridgehead atoms. The highest BCUT2D eigenvalue weighted by atomic mass is 32.1. The molecule has 0 spiro atoms. The molecule has 2 heterocycles. The molecule has 3 rings (SSSR count). The third-order valence-electron chi connectivity index (χ3n) is 3.87. The van der Waals surface area contributed by atoms with E-state index < -0.39 is 12.0 Å². The summed E-state index contributed by atoms with van der Waals surface area (Å²) < 4.78 is 0.968. The molecule has 106 valence electrons. The van der Waals surface area contributed by atoms with Crippen LogP contribution < -0.4 is 5.56 Å². The maximum atomic E-state index is 12.5.